The van der Waals surface area contributed by atoms with Crippen molar-refractivity contribution < 1.29 is 13.2 Å². The summed E-state index contributed by atoms with van der Waals surface area (Å²) >= 11 is 2.56. The zero-order valence-electron chi connectivity index (χ0n) is 12.4. The van der Waals surface area contributed by atoms with Crippen LogP contribution in [0.1, 0.15) is 43.6 Å². The Kier molecular flexibility index (Phi) is 6.89. The molecule has 0 bridgehead atoms. The molecule has 0 aromatic carbocycles. The average Bonchev–Trinajstić information content (AvgIpc) is 2.94. The second kappa shape index (κ2) is 8.44. The van der Waals surface area contributed by atoms with Gasteiger partial charge in [-0.3, -0.25) is 0 Å². The molecule has 1 aromatic heterocycles. The standard InChI is InChI=1S/C15H23F2NOS2/c1-20-15(7-3-2-4-8-15)11-18-9-12-5-6-13(19-12)10-21-14(16)17/h5-6,14,18H,2-4,7-11H2,1H3. The molecule has 1 aliphatic rings. The molecule has 0 spiro atoms. The Bertz CT molecular complexity index is 420. The van der Waals surface area contributed by atoms with E-state index < -0.39 is 5.76 Å². The zero-order chi connectivity index (χ0) is 15.1. The van der Waals surface area contributed by atoms with Gasteiger partial charge in [-0.1, -0.05) is 31.0 Å². The van der Waals surface area contributed by atoms with Crippen molar-refractivity contribution >= 4 is 23.5 Å². The van der Waals surface area contributed by atoms with Crippen LogP contribution in [0.5, 0.6) is 0 Å². The Morgan fingerprint density at radius 3 is 2.62 bits per heavy atom. The summed E-state index contributed by atoms with van der Waals surface area (Å²) in [5.74, 6) is -0.669. The quantitative estimate of drug-likeness (QED) is 0.731. The summed E-state index contributed by atoms with van der Waals surface area (Å²) in [6.07, 6.45) is 8.73. The lowest BCUT2D eigenvalue weighted by Crippen LogP contribution is -2.39. The predicted octanol–water partition coefficient (Wildman–Crippen LogP) is 4.89. The van der Waals surface area contributed by atoms with Crippen molar-refractivity contribution in [3.8, 4) is 0 Å². The third kappa shape index (κ3) is 5.49. The van der Waals surface area contributed by atoms with Crippen LogP contribution in [-0.2, 0) is 12.3 Å². The highest BCUT2D eigenvalue weighted by molar-refractivity contribution is 8.00. The Morgan fingerprint density at radius 1 is 1.24 bits per heavy atom. The Morgan fingerprint density at radius 2 is 1.95 bits per heavy atom. The molecule has 0 atom stereocenters. The van der Waals surface area contributed by atoms with Gasteiger partial charge in [-0.25, -0.2) is 0 Å². The van der Waals surface area contributed by atoms with Crippen LogP contribution in [0.3, 0.4) is 0 Å². The molecule has 0 radical (unpaired) electrons. The van der Waals surface area contributed by atoms with E-state index in [0.29, 0.717) is 28.8 Å². The maximum Gasteiger partial charge on any atom is 0.284 e. The molecule has 21 heavy (non-hydrogen) atoms. The summed E-state index contributed by atoms with van der Waals surface area (Å²) in [7, 11) is 0. The van der Waals surface area contributed by atoms with E-state index in [4.69, 9.17) is 4.42 Å². The third-order valence-corrected chi connectivity index (χ3v) is 6.13. The normalized spacial score (nSPS) is 18.3. The predicted molar refractivity (Wildman–Crippen MR) is 87.0 cm³/mol. The maximum atomic E-state index is 12.1. The monoisotopic (exact) mass is 335 g/mol. The van der Waals surface area contributed by atoms with Crippen molar-refractivity contribution in [1.82, 2.24) is 5.32 Å². The molecule has 0 aliphatic heterocycles. The highest BCUT2D eigenvalue weighted by atomic mass is 32.2. The topological polar surface area (TPSA) is 25.2 Å². The minimum atomic E-state index is -2.34. The smallest absolute Gasteiger partial charge is 0.284 e. The van der Waals surface area contributed by atoms with Gasteiger partial charge in [0.15, 0.2) is 0 Å². The van der Waals surface area contributed by atoms with Gasteiger partial charge < -0.3 is 9.73 Å². The summed E-state index contributed by atoms with van der Waals surface area (Å²) in [5, 5.41) is 3.47. The summed E-state index contributed by atoms with van der Waals surface area (Å²) < 4.78 is 30.2. The van der Waals surface area contributed by atoms with E-state index in [0.717, 1.165) is 12.3 Å². The van der Waals surface area contributed by atoms with Gasteiger partial charge in [0.2, 0.25) is 0 Å². The fraction of sp³-hybridized carbons (Fsp3) is 0.733. The first-order chi connectivity index (χ1) is 10.1. The lowest BCUT2D eigenvalue weighted by Gasteiger charge is -2.35. The first-order valence-corrected chi connectivity index (χ1v) is 9.64. The Hall–Kier alpha value is -0.200. The number of hydrogen-bond donors (Lipinski definition) is 1. The number of rotatable bonds is 8. The van der Waals surface area contributed by atoms with Crippen LogP contribution in [0.4, 0.5) is 8.78 Å². The van der Waals surface area contributed by atoms with Gasteiger partial charge >= 0.3 is 0 Å². The van der Waals surface area contributed by atoms with Gasteiger partial charge in [-0.2, -0.15) is 20.5 Å². The summed E-state index contributed by atoms with van der Waals surface area (Å²) in [6.45, 7) is 1.65. The van der Waals surface area contributed by atoms with Crippen molar-refractivity contribution in [2.45, 2.75) is 54.9 Å². The van der Waals surface area contributed by atoms with E-state index >= 15 is 0 Å². The van der Waals surface area contributed by atoms with Crippen LogP contribution in [0, 0.1) is 0 Å². The lowest BCUT2D eigenvalue weighted by atomic mass is 9.88. The fourth-order valence-electron chi connectivity index (χ4n) is 2.80. The first kappa shape index (κ1) is 17.2. The molecule has 1 heterocycles. The molecule has 1 saturated carbocycles. The van der Waals surface area contributed by atoms with Gasteiger partial charge in [0.05, 0.1) is 12.3 Å². The summed E-state index contributed by atoms with van der Waals surface area (Å²) in [5.41, 5.74) is 0. The van der Waals surface area contributed by atoms with E-state index in [9.17, 15) is 8.78 Å². The second-order valence-electron chi connectivity index (χ2n) is 5.49. The molecule has 1 aliphatic carbocycles. The Labute approximate surface area is 133 Å². The third-order valence-electron chi connectivity index (χ3n) is 4.01. The van der Waals surface area contributed by atoms with Crippen molar-refractivity contribution in [1.29, 1.82) is 0 Å². The number of furan rings is 1. The number of halogens is 2. The molecule has 0 saturated heterocycles. The van der Waals surface area contributed by atoms with Crippen LogP contribution < -0.4 is 5.32 Å². The van der Waals surface area contributed by atoms with E-state index in [-0.39, 0.29) is 5.75 Å². The number of nitrogens with one attached hydrogen (secondary N) is 1. The molecule has 0 amide bonds. The molecule has 0 unspecified atom stereocenters. The van der Waals surface area contributed by atoms with E-state index in [2.05, 4.69) is 11.6 Å². The molecule has 2 nitrogen and oxygen atoms in total. The van der Waals surface area contributed by atoms with Crippen LogP contribution in [0.15, 0.2) is 16.5 Å². The largest absolute Gasteiger partial charge is 0.464 e. The van der Waals surface area contributed by atoms with Crippen molar-refractivity contribution in [2.75, 3.05) is 12.8 Å². The van der Waals surface area contributed by atoms with Crippen molar-refractivity contribution in [2.24, 2.45) is 0 Å². The van der Waals surface area contributed by atoms with E-state index in [1.165, 1.54) is 32.1 Å². The van der Waals surface area contributed by atoms with Crippen LogP contribution in [0.2, 0.25) is 0 Å². The lowest BCUT2D eigenvalue weighted by molar-refractivity contribution is 0.251. The minimum Gasteiger partial charge on any atom is -0.464 e. The van der Waals surface area contributed by atoms with Gasteiger partial charge in [0, 0.05) is 11.3 Å². The molecular weight excluding hydrogens is 312 g/mol. The SMILES string of the molecule is CSC1(CNCc2ccc(CSC(F)F)o2)CCCCC1. The number of alkyl halides is 2. The Balaban J connectivity index is 1.75. The van der Waals surface area contributed by atoms with Crippen molar-refractivity contribution in [3.63, 3.8) is 0 Å². The summed E-state index contributed by atoms with van der Waals surface area (Å²) in [6, 6.07) is 3.67. The molecule has 120 valence electrons. The average molecular weight is 335 g/mol. The fourth-order valence-corrected chi connectivity index (χ4v) is 4.19. The number of hydrogen-bond acceptors (Lipinski definition) is 4. The van der Waals surface area contributed by atoms with Gasteiger partial charge in [0.1, 0.15) is 11.5 Å². The van der Waals surface area contributed by atoms with Gasteiger partial charge in [-0.05, 0) is 31.2 Å². The molecule has 1 aromatic rings. The zero-order valence-corrected chi connectivity index (χ0v) is 14.0. The van der Waals surface area contributed by atoms with E-state index in [1.54, 1.807) is 6.07 Å². The van der Waals surface area contributed by atoms with Crippen LogP contribution >= 0.6 is 23.5 Å². The minimum absolute atomic E-state index is 0.229. The number of thioether (sulfide) groups is 2. The molecule has 1 N–H and O–H groups in total. The molecule has 1 fully saturated rings. The highest BCUT2D eigenvalue weighted by Crippen LogP contribution is 2.38. The molecule has 6 heteroatoms. The van der Waals surface area contributed by atoms with Crippen LogP contribution in [0.25, 0.3) is 0 Å². The van der Waals surface area contributed by atoms with Gasteiger partial charge in [-0.15, -0.1) is 0 Å². The van der Waals surface area contributed by atoms with Crippen LogP contribution in [-0.4, -0.2) is 23.3 Å². The highest BCUT2D eigenvalue weighted by Gasteiger charge is 2.30. The first-order valence-electron chi connectivity index (χ1n) is 7.37. The maximum absolute atomic E-state index is 12.1. The molecular formula is C15H23F2NOS2. The molecule has 2 rings (SSSR count). The second-order valence-corrected chi connectivity index (χ2v) is 7.74. The summed E-state index contributed by atoms with van der Waals surface area (Å²) in [4.78, 5) is 0. The van der Waals surface area contributed by atoms with Crippen molar-refractivity contribution in [3.05, 3.63) is 23.7 Å². The van der Waals surface area contributed by atoms with Gasteiger partial charge in [0.25, 0.3) is 5.76 Å². The van der Waals surface area contributed by atoms with E-state index in [1.807, 2.05) is 17.8 Å².